The minimum Gasteiger partial charge on any atom is -0.378 e. The molecular formula is C40H52N4O. The van der Waals surface area contributed by atoms with Gasteiger partial charge in [-0.1, -0.05) is 96.1 Å². The summed E-state index contributed by atoms with van der Waals surface area (Å²) in [6.07, 6.45) is 0. The SMILES string of the molecule is CC(C)c1ccc(N(Cc2ccc(N(C)C)cc2)C(=O)N(Cc2ccc(N(C)C)cc2)c2c(C(C)C)cccc2C(C)C)cc1. The molecule has 0 aliphatic carbocycles. The van der Waals surface area contributed by atoms with E-state index in [2.05, 4.69) is 142 Å². The van der Waals surface area contributed by atoms with Crippen LogP contribution in [0.3, 0.4) is 0 Å². The third-order valence-corrected chi connectivity index (χ3v) is 8.53. The summed E-state index contributed by atoms with van der Waals surface area (Å²) in [4.78, 5) is 23.4. The van der Waals surface area contributed by atoms with E-state index in [0.717, 1.165) is 33.9 Å². The average molecular weight is 605 g/mol. The van der Waals surface area contributed by atoms with E-state index in [4.69, 9.17) is 0 Å². The van der Waals surface area contributed by atoms with Crippen LogP contribution in [0.25, 0.3) is 0 Å². The third-order valence-electron chi connectivity index (χ3n) is 8.53. The second-order valence-electron chi connectivity index (χ2n) is 13.4. The van der Waals surface area contributed by atoms with Gasteiger partial charge in [-0.15, -0.1) is 0 Å². The molecule has 238 valence electrons. The maximum atomic E-state index is 15.2. The summed E-state index contributed by atoms with van der Waals surface area (Å²) in [5.41, 5.74) is 9.98. The third kappa shape index (κ3) is 8.08. The van der Waals surface area contributed by atoms with Crippen LogP contribution in [0.2, 0.25) is 0 Å². The van der Waals surface area contributed by atoms with Gasteiger partial charge in [0.2, 0.25) is 0 Å². The summed E-state index contributed by atoms with van der Waals surface area (Å²) in [5.74, 6) is 0.917. The largest absolute Gasteiger partial charge is 0.378 e. The van der Waals surface area contributed by atoms with Crippen LogP contribution in [0.15, 0.2) is 91.0 Å². The molecule has 2 amide bonds. The molecule has 5 heteroatoms. The Hall–Kier alpha value is -4.25. The molecule has 0 atom stereocenters. The van der Waals surface area contributed by atoms with Crippen molar-refractivity contribution in [2.75, 3.05) is 47.8 Å². The van der Waals surface area contributed by atoms with Crippen molar-refractivity contribution in [2.24, 2.45) is 0 Å². The topological polar surface area (TPSA) is 30.0 Å². The van der Waals surface area contributed by atoms with Gasteiger partial charge in [0.05, 0.1) is 18.8 Å². The van der Waals surface area contributed by atoms with Gasteiger partial charge in [-0.05, 0) is 82.0 Å². The zero-order valence-corrected chi connectivity index (χ0v) is 29.0. The number of benzene rings is 4. The van der Waals surface area contributed by atoms with Gasteiger partial charge >= 0.3 is 6.03 Å². The number of urea groups is 1. The lowest BCUT2D eigenvalue weighted by Crippen LogP contribution is -2.44. The summed E-state index contributed by atoms with van der Waals surface area (Å²) in [6.45, 7) is 14.2. The summed E-state index contributed by atoms with van der Waals surface area (Å²) < 4.78 is 0. The van der Waals surface area contributed by atoms with E-state index in [0.29, 0.717) is 19.0 Å². The Bertz CT molecular complexity index is 1510. The zero-order valence-electron chi connectivity index (χ0n) is 29.0. The van der Waals surface area contributed by atoms with Crippen LogP contribution in [0.1, 0.15) is 87.1 Å². The number of para-hydroxylation sites is 1. The molecule has 4 rings (SSSR count). The van der Waals surface area contributed by atoms with Crippen molar-refractivity contribution >= 4 is 28.8 Å². The molecule has 0 aromatic heterocycles. The highest BCUT2D eigenvalue weighted by molar-refractivity contribution is 6.04. The molecule has 4 aromatic carbocycles. The van der Waals surface area contributed by atoms with Crippen LogP contribution in [0.4, 0.5) is 27.5 Å². The summed E-state index contributed by atoms with van der Waals surface area (Å²) in [7, 11) is 8.18. The minimum atomic E-state index is -0.0318. The van der Waals surface area contributed by atoms with Crippen molar-refractivity contribution in [2.45, 2.75) is 72.4 Å². The van der Waals surface area contributed by atoms with Crippen LogP contribution < -0.4 is 19.6 Å². The molecule has 0 bridgehead atoms. The Labute approximate surface area is 272 Å². The van der Waals surface area contributed by atoms with Crippen molar-refractivity contribution in [3.05, 3.63) is 119 Å². The number of rotatable bonds is 11. The highest BCUT2D eigenvalue weighted by Crippen LogP contribution is 2.38. The van der Waals surface area contributed by atoms with E-state index in [9.17, 15) is 0 Å². The standard InChI is InChI=1S/C40H52N4O/c1-28(2)33-18-24-36(25-19-33)43(26-31-14-20-34(21-15-31)41(7)8)40(45)44(27-32-16-22-35(23-17-32)42(9)10)39-37(29(3)4)12-11-13-38(39)30(5)6/h11-25,28-30H,26-27H2,1-10H3. The Morgan fingerprint density at radius 1 is 0.511 bits per heavy atom. The first kappa shape index (κ1) is 33.6. The summed E-state index contributed by atoms with van der Waals surface area (Å²) in [5, 5.41) is 0. The minimum absolute atomic E-state index is 0.0318. The summed E-state index contributed by atoms with van der Waals surface area (Å²) in [6, 6.07) is 32.0. The van der Waals surface area contributed by atoms with Gasteiger partial charge in [-0.3, -0.25) is 9.80 Å². The fourth-order valence-corrected chi connectivity index (χ4v) is 5.68. The van der Waals surface area contributed by atoms with Gasteiger partial charge in [0.1, 0.15) is 0 Å². The Morgan fingerprint density at radius 3 is 1.29 bits per heavy atom. The first-order chi connectivity index (χ1) is 21.4. The number of anilines is 4. The van der Waals surface area contributed by atoms with Gasteiger partial charge in [-0.2, -0.15) is 0 Å². The lowest BCUT2D eigenvalue weighted by Gasteiger charge is -2.35. The van der Waals surface area contributed by atoms with E-state index >= 15 is 4.79 Å². The second kappa shape index (κ2) is 14.7. The molecule has 5 nitrogen and oxygen atoms in total. The Kier molecular flexibility index (Phi) is 11.0. The predicted octanol–water partition coefficient (Wildman–Crippen LogP) is 10.0. The molecule has 0 N–H and O–H groups in total. The first-order valence-electron chi connectivity index (χ1n) is 16.2. The van der Waals surface area contributed by atoms with Gasteiger partial charge in [0, 0.05) is 45.3 Å². The Morgan fingerprint density at radius 2 is 0.911 bits per heavy atom. The smallest absolute Gasteiger partial charge is 0.329 e. The van der Waals surface area contributed by atoms with Gasteiger partial charge < -0.3 is 9.80 Å². The lowest BCUT2D eigenvalue weighted by atomic mass is 9.91. The second-order valence-corrected chi connectivity index (χ2v) is 13.4. The van der Waals surface area contributed by atoms with E-state index in [1.165, 1.54) is 16.7 Å². The molecule has 0 saturated heterocycles. The number of hydrogen-bond donors (Lipinski definition) is 0. The molecule has 45 heavy (non-hydrogen) atoms. The molecule has 4 aromatic rings. The molecule has 0 unspecified atom stereocenters. The fourth-order valence-electron chi connectivity index (χ4n) is 5.68. The number of nitrogens with zero attached hydrogens (tertiary/aromatic N) is 4. The van der Waals surface area contributed by atoms with Gasteiger partial charge in [0.15, 0.2) is 0 Å². The molecule has 0 aliphatic rings. The van der Waals surface area contributed by atoms with Crippen molar-refractivity contribution in [3.63, 3.8) is 0 Å². The van der Waals surface area contributed by atoms with Crippen LogP contribution in [0, 0.1) is 0 Å². The molecule has 0 fully saturated rings. The van der Waals surface area contributed by atoms with Gasteiger partial charge in [-0.25, -0.2) is 4.79 Å². The van der Waals surface area contributed by atoms with E-state index in [-0.39, 0.29) is 17.9 Å². The number of carbonyl (C=O) groups is 1. The van der Waals surface area contributed by atoms with Gasteiger partial charge in [0.25, 0.3) is 0 Å². The van der Waals surface area contributed by atoms with Crippen LogP contribution in [0.5, 0.6) is 0 Å². The molecule has 0 heterocycles. The molecule has 0 aliphatic heterocycles. The van der Waals surface area contributed by atoms with E-state index < -0.39 is 0 Å². The number of hydrogen-bond acceptors (Lipinski definition) is 3. The molecular weight excluding hydrogens is 552 g/mol. The first-order valence-corrected chi connectivity index (χ1v) is 16.2. The maximum absolute atomic E-state index is 15.2. The van der Waals surface area contributed by atoms with Crippen molar-refractivity contribution < 1.29 is 4.79 Å². The van der Waals surface area contributed by atoms with Crippen molar-refractivity contribution in [1.82, 2.24) is 0 Å². The maximum Gasteiger partial charge on any atom is 0.329 e. The van der Waals surface area contributed by atoms with Crippen molar-refractivity contribution in [3.8, 4) is 0 Å². The summed E-state index contributed by atoms with van der Waals surface area (Å²) >= 11 is 0. The van der Waals surface area contributed by atoms with Crippen molar-refractivity contribution in [1.29, 1.82) is 0 Å². The number of amides is 2. The number of carbonyl (C=O) groups excluding carboxylic acids is 1. The highest BCUT2D eigenvalue weighted by atomic mass is 16.2. The highest BCUT2D eigenvalue weighted by Gasteiger charge is 2.29. The average Bonchev–Trinajstić information content (AvgIpc) is 3.02. The molecule has 0 saturated carbocycles. The van der Waals surface area contributed by atoms with E-state index in [1.54, 1.807) is 0 Å². The lowest BCUT2D eigenvalue weighted by molar-refractivity contribution is 0.250. The zero-order chi connectivity index (χ0) is 32.8. The van der Waals surface area contributed by atoms with Crippen LogP contribution in [-0.2, 0) is 13.1 Å². The normalized spacial score (nSPS) is 11.3. The predicted molar refractivity (Wildman–Crippen MR) is 194 cm³/mol. The Balaban J connectivity index is 1.88. The van der Waals surface area contributed by atoms with Crippen LogP contribution in [-0.4, -0.2) is 34.2 Å². The molecule has 0 spiro atoms. The monoisotopic (exact) mass is 604 g/mol. The fraction of sp³-hybridized carbons (Fsp3) is 0.375. The van der Waals surface area contributed by atoms with E-state index in [1.807, 2.05) is 38.0 Å². The quantitative estimate of drug-likeness (QED) is 0.171. The molecule has 0 radical (unpaired) electrons. The van der Waals surface area contributed by atoms with Crippen LogP contribution >= 0.6 is 0 Å².